The third-order valence-corrected chi connectivity index (χ3v) is 4.64. The van der Waals surface area contributed by atoms with Gasteiger partial charge < -0.3 is 0 Å². The summed E-state index contributed by atoms with van der Waals surface area (Å²) in [5, 5.41) is 2.15. The Morgan fingerprint density at radius 3 is 2.19 bits per heavy atom. The summed E-state index contributed by atoms with van der Waals surface area (Å²) >= 11 is 4.49. The van der Waals surface area contributed by atoms with Crippen molar-refractivity contribution in [1.29, 1.82) is 0 Å². The number of isothiocyanates is 1. The minimum atomic E-state index is -0.673. The van der Waals surface area contributed by atoms with Crippen molar-refractivity contribution in [3.8, 4) is 22.4 Å². The van der Waals surface area contributed by atoms with Crippen molar-refractivity contribution in [3.63, 3.8) is 0 Å². The van der Waals surface area contributed by atoms with E-state index in [0.29, 0.717) is 5.56 Å². The monoisotopic (exact) mass is 361 g/mol. The van der Waals surface area contributed by atoms with Crippen molar-refractivity contribution >= 4 is 23.2 Å². The predicted octanol–water partition coefficient (Wildman–Crippen LogP) is 5.64. The first-order valence-corrected chi connectivity index (χ1v) is 8.94. The second kappa shape index (κ2) is 7.24. The van der Waals surface area contributed by atoms with Gasteiger partial charge in [0.15, 0.2) is 5.82 Å². The molecule has 3 nitrogen and oxygen atoms in total. The minimum Gasteiger partial charge on any atom is -0.247 e. The Balaban J connectivity index is 1.55. The smallest absolute Gasteiger partial charge is 0.241 e. The van der Waals surface area contributed by atoms with Gasteiger partial charge in [-0.3, -0.25) is 0 Å². The first-order chi connectivity index (χ1) is 12.7. The van der Waals surface area contributed by atoms with E-state index in [9.17, 15) is 4.39 Å². The van der Waals surface area contributed by atoms with Crippen molar-refractivity contribution in [3.05, 3.63) is 66.2 Å². The van der Waals surface area contributed by atoms with Gasteiger partial charge in [-0.05, 0) is 54.1 Å². The third-order valence-electron chi connectivity index (χ3n) is 4.54. The van der Waals surface area contributed by atoms with Gasteiger partial charge >= 0.3 is 0 Å². The van der Waals surface area contributed by atoms with Gasteiger partial charge in [-0.1, -0.05) is 48.5 Å². The fourth-order valence-corrected chi connectivity index (χ4v) is 3.05. The van der Waals surface area contributed by atoms with Crippen LogP contribution in [-0.2, 0) is 6.42 Å². The Morgan fingerprint density at radius 2 is 1.62 bits per heavy atom. The number of rotatable bonds is 5. The number of hydrogen-bond donors (Lipinski definition) is 0. The molecule has 1 aliphatic carbocycles. The Labute approximate surface area is 156 Å². The number of nitrogens with zero attached hydrogens (tertiary/aromatic N) is 3. The molecular weight excluding hydrogens is 345 g/mol. The maximum atomic E-state index is 14.1. The lowest BCUT2D eigenvalue weighted by Gasteiger charge is -2.06. The van der Waals surface area contributed by atoms with E-state index in [2.05, 4.69) is 56.6 Å². The molecule has 0 radical (unpaired) electrons. The van der Waals surface area contributed by atoms with Crippen LogP contribution < -0.4 is 0 Å². The standard InChI is InChI=1S/C21H16FN3S/c22-21-20(23-12-19(25-21)24-13-26)18-9-7-17(8-10-18)16-5-3-15(4-6-16)11-14-1-2-14/h3-10,12,14H,1-2,11H2. The van der Waals surface area contributed by atoms with E-state index < -0.39 is 5.95 Å². The maximum absolute atomic E-state index is 14.1. The molecule has 1 aromatic heterocycles. The van der Waals surface area contributed by atoms with Gasteiger partial charge in [-0.2, -0.15) is 14.4 Å². The molecule has 0 saturated heterocycles. The van der Waals surface area contributed by atoms with Crippen LogP contribution in [0.3, 0.4) is 0 Å². The number of aromatic nitrogens is 2. The van der Waals surface area contributed by atoms with Crippen LogP contribution in [0, 0.1) is 11.9 Å². The molecular formula is C21H16FN3S. The van der Waals surface area contributed by atoms with Gasteiger partial charge in [0.05, 0.1) is 11.4 Å². The normalized spacial score (nSPS) is 13.3. The van der Waals surface area contributed by atoms with E-state index in [4.69, 9.17) is 0 Å². The molecule has 0 bridgehead atoms. The quantitative estimate of drug-likeness (QED) is 0.436. The highest BCUT2D eigenvalue weighted by molar-refractivity contribution is 7.78. The Kier molecular flexibility index (Phi) is 4.65. The van der Waals surface area contributed by atoms with Crippen molar-refractivity contribution in [2.45, 2.75) is 19.3 Å². The molecule has 1 heterocycles. The first-order valence-electron chi connectivity index (χ1n) is 8.53. The molecule has 128 valence electrons. The third kappa shape index (κ3) is 3.74. The van der Waals surface area contributed by atoms with Gasteiger partial charge in [0, 0.05) is 5.56 Å². The maximum Gasteiger partial charge on any atom is 0.241 e. The molecule has 5 heteroatoms. The summed E-state index contributed by atoms with van der Waals surface area (Å²) in [5.74, 6) is 0.329. The van der Waals surface area contributed by atoms with Gasteiger partial charge in [0.25, 0.3) is 0 Å². The zero-order valence-electron chi connectivity index (χ0n) is 14.0. The predicted molar refractivity (Wildman–Crippen MR) is 104 cm³/mol. The zero-order chi connectivity index (χ0) is 17.9. The van der Waals surface area contributed by atoms with Gasteiger partial charge in [0.2, 0.25) is 5.95 Å². The average Bonchev–Trinajstić information content (AvgIpc) is 3.47. The second-order valence-electron chi connectivity index (χ2n) is 6.49. The average molecular weight is 361 g/mol. The first kappa shape index (κ1) is 16.7. The zero-order valence-corrected chi connectivity index (χ0v) is 14.8. The number of halogens is 1. The summed E-state index contributed by atoms with van der Waals surface area (Å²) in [6.45, 7) is 0. The van der Waals surface area contributed by atoms with Crippen molar-refractivity contribution < 1.29 is 4.39 Å². The molecule has 0 N–H and O–H groups in total. The van der Waals surface area contributed by atoms with E-state index in [0.717, 1.165) is 17.0 Å². The molecule has 1 saturated carbocycles. The van der Waals surface area contributed by atoms with Crippen LogP contribution in [0.4, 0.5) is 10.2 Å². The van der Waals surface area contributed by atoms with Gasteiger partial charge in [-0.15, -0.1) is 0 Å². The van der Waals surface area contributed by atoms with E-state index in [-0.39, 0.29) is 11.5 Å². The highest BCUT2D eigenvalue weighted by Crippen LogP contribution is 2.33. The summed E-state index contributed by atoms with van der Waals surface area (Å²) in [4.78, 5) is 11.5. The molecule has 0 spiro atoms. The molecule has 0 unspecified atom stereocenters. The lowest BCUT2D eigenvalue weighted by atomic mass is 10.00. The van der Waals surface area contributed by atoms with Crippen LogP contribution in [-0.4, -0.2) is 15.1 Å². The Morgan fingerprint density at radius 1 is 1.00 bits per heavy atom. The number of benzene rings is 2. The fourth-order valence-electron chi connectivity index (χ4n) is 2.96. The minimum absolute atomic E-state index is 0.115. The van der Waals surface area contributed by atoms with Gasteiger partial charge in [-0.25, -0.2) is 4.98 Å². The van der Waals surface area contributed by atoms with Crippen LogP contribution >= 0.6 is 12.2 Å². The Hall–Kier alpha value is -2.75. The van der Waals surface area contributed by atoms with Crippen LogP contribution in [0.1, 0.15) is 18.4 Å². The van der Waals surface area contributed by atoms with Crippen molar-refractivity contribution in [2.75, 3.05) is 0 Å². The molecule has 0 amide bonds. The second-order valence-corrected chi connectivity index (χ2v) is 6.68. The van der Waals surface area contributed by atoms with Crippen LogP contribution in [0.25, 0.3) is 22.4 Å². The van der Waals surface area contributed by atoms with Crippen molar-refractivity contribution in [2.24, 2.45) is 10.9 Å². The molecule has 26 heavy (non-hydrogen) atoms. The van der Waals surface area contributed by atoms with Gasteiger partial charge in [0.1, 0.15) is 5.69 Å². The highest BCUT2D eigenvalue weighted by Gasteiger charge is 2.21. The summed E-state index contributed by atoms with van der Waals surface area (Å²) in [6.07, 6.45) is 5.29. The van der Waals surface area contributed by atoms with Crippen molar-refractivity contribution in [1.82, 2.24) is 9.97 Å². The molecule has 3 aromatic rings. The largest absolute Gasteiger partial charge is 0.247 e. The number of hydrogen-bond acceptors (Lipinski definition) is 4. The summed E-state index contributed by atoms with van der Waals surface area (Å²) in [7, 11) is 0. The van der Waals surface area contributed by atoms with Crippen LogP contribution in [0.15, 0.2) is 59.7 Å². The van der Waals surface area contributed by atoms with Crippen LogP contribution in [0.2, 0.25) is 0 Å². The molecule has 4 rings (SSSR count). The number of aliphatic imine (C=N–C) groups is 1. The summed E-state index contributed by atoms with van der Waals surface area (Å²) in [5.41, 5.74) is 4.49. The van der Waals surface area contributed by atoms with E-state index >= 15 is 0 Å². The van der Waals surface area contributed by atoms with E-state index in [1.807, 2.05) is 24.3 Å². The molecule has 2 aromatic carbocycles. The summed E-state index contributed by atoms with van der Waals surface area (Å²) < 4.78 is 14.1. The topological polar surface area (TPSA) is 38.1 Å². The molecule has 1 fully saturated rings. The SMILES string of the molecule is Fc1nc(N=C=S)cnc1-c1ccc(-c2ccc(CC3CC3)cc2)cc1. The summed E-state index contributed by atoms with van der Waals surface area (Å²) in [6, 6.07) is 16.3. The number of thiocarbonyl (C=S) groups is 1. The van der Waals surface area contributed by atoms with E-state index in [1.54, 1.807) is 0 Å². The lowest BCUT2D eigenvalue weighted by Crippen LogP contribution is -1.93. The fraction of sp³-hybridized carbons (Fsp3) is 0.190. The molecule has 0 aliphatic heterocycles. The van der Waals surface area contributed by atoms with Crippen LogP contribution in [0.5, 0.6) is 0 Å². The highest BCUT2D eigenvalue weighted by atomic mass is 32.1. The lowest BCUT2D eigenvalue weighted by molar-refractivity contribution is 0.582. The molecule has 1 aliphatic rings. The van der Waals surface area contributed by atoms with E-state index in [1.165, 1.54) is 31.0 Å². The molecule has 0 atom stereocenters. The Bertz CT molecular complexity index is 973.